The maximum Gasteiger partial charge on any atom is 0.323 e. The van der Waals surface area contributed by atoms with E-state index in [-0.39, 0.29) is 12.5 Å². The highest BCUT2D eigenvalue weighted by Gasteiger charge is 2.32. The largest absolute Gasteiger partial charge is 0.489 e. The zero-order valence-electron chi connectivity index (χ0n) is 20.5. The normalized spacial score (nSPS) is 15.7. The quantitative estimate of drug-likeness (QED) is 0.272. The molecule has 1 aliphatic heterocycles. The van der Waals surface area contributed by atoms with Crippen molar-refractivity contribution in [1.82, 2.24) is 15.6 Å². The highest BCUT2D eigenvalue weighted by Crippen LogP contribution is 2.34. The molecule has 2 aromatic carbocycles. The number of imide groups is 1. The van der Waals surface area contributed by atoms with Crippen molar-refractivity contribution in [2.75, 3.05) is 0 Å². The standard InChI is InChI=1S/C27H28N4O5S/c1-16(2)23(28)26(33)36-15-18-5-3-4-17(12-18)14-35-19-6-8-20(9-7-19)37-22-10-11-29-13-21(22)24-25(32)31-27(34)30-24/h3-13,16,23-24H,14-15,28H2,1-2H3,(H2,30,31,32,34)/t23-,24?/m1/s1. The van der Waals surface area contributed by atoms with Gasteiger partial charge in [0.05, 0.1) is 0 Å². The van der Waals surface area contributed by atoms with Gasteiger partial charge in [0, 0.05) is 27.7 Å². The Bertz CT molecular complexity index is 1280. The molecule has 1 aromatic heterocycles. The van der Waals surface area contributed by atoms with Gasteiger partial charge in [0.15, 0.2) is 0 Å². The number of carbonyl (C=O) groups excluding carboxylic acids is 3. The van der Waals surface area contributed by atoms with E-state index in [1.165, 1.54) is 11.8 Å². The first-order valence-electron chi connectivity index (χ1n) is 11.8. The van der Waals surface area contributed by atoms with E-state index in [0.29, 0.717) is 17.9 Å². The number of nitrogens with zero attached hydrogens (tertiary/aromatic N) is 1. The number of aromatic nitrogens is 1. The molecule has 2 heterocycles. The summed E-state index contributed by atoms with van der Waals surface area (Å²) < 4.78 is 11.3. The highest BCUT2D eigenvalue weighted by atomic mass is 32.2. The summed E-state index contributed by atoms with van der Waals surface area (Å²) in [6, 6.07) is 15.1. The fourth-order valence-corrected chi connectivity index (χ4v) is 4.51. The molecule has 1 fully saturated rings. The van der Waals surface area contributed by atoms with Crippen LogP contribution >= 0.6 is 11.8 Å². The lowest BCUT2D eigenvalue weighted by Crippen LogP contribution is -2.36. The topological polar surface area (TPSA) is 133 Å². The van der Waals surface area contributed by atoms with Gasteiger partial charge in [0.25, 0.3) is 5.91 Å². The summed E-state index contributed by atoms with van der Waals surface area (Å²) in [6.45, 7) is 4.26. The molecular formula is C27H28N4O5S. The second-order valence-corrected chi connectivity index (χ2v) is 9.98. The first kappa shape index (κ1) is 26.2. The fourth-order valence-electron chi connectivity index (χ4n) is 3.57. The van der Waals surface area contributed by atoms with Crippen LogP contribution in [-0.2, 0) is 27.5 Å². The molecule has 10 heteroatoms. The van der Waals surface area contributed by atoms with Gasteiger partial charge < -0.3 is 20.5 Å². The van der Waals surface area contributed by atoms with Crippen molar-refractivity contribution in [2.45, 2.75) is 48.9 Å². The monoisotopic (exact) mass is 520 g/mol. The molecule has 4 N–H and O–H groups in total. The molecule has 4 rings (SSSR count). The second-order valence-electron chi connectivity index (χ2n) is 8.87. The minimum atomic E-state index is -0.766. The third-order valence-corrected chi connectivity index (χ3v) is 6.81. The number of urea groups is 1. The third-order valence-electron chi connectivity index (χ3n) is 5.72. The number of benzene rings is 2. The number of ether oxygens (including phenoxy) is 2. The van der Waals surface area contributed by atoms with Crippen LogP contribution in [0.5, 0.6) is 5.75 Å². The number of nitrogens with two attached hydrogens (primary N) is 1. The van der Waals surface area contributed by atoms with Gasteiger partial charge in [-0.2, -0.15) is 0 Å². The van der Waals surface area contributed by atoms with E-state index in [1.807, 2.05) is 68.4 Å². The zero-order valence-corrected chi connectivity index (χ0v) is 21.3. The Morgan fingerprint density at radius 1 is 1.08 bits per heavy atom. The van der Waals surface area contributed by atoms with Crippen molar-refractivity contribution in [3.05, 3.63) is 83.7 Å². The van der Waals surface area contributed by atoms with E-state index >= 15 is 0 Å². The van der Waals surface area contributed by atoms with Crippen molar-refractivity contribution in [2.24, 2.45) is 11.7 Å². The zero-order chi connectivity index (χ0) is 26.4. The number of esters is 1. The Labute approximate surface area is 219 Å². The van der Waals surface area contributed by atoms with Gasteiger partial charge in [-0.1, -0.05) is 43.8 Å². The van der Waals surface area contributed by atoms with Gasteiger partial charge in [-0.15, -0.1) is 0 Å². The Morgan fingerprint density at radius 2 is 1.81 bits per heavy atom. The molecule has 9 nitrogen and oxygen atoms in total. The van der Waals surface area contributed by atoms with Crippen molar-refractivity contribution in [1.29, 1.82) is 0 Å². The number of nitrogens with one attached hydrogen (secondary N) is 2. The van der Waals surface area contributed by atoms with Crippen LogP contribution in [0, 0.1) is 5.92 Å². The fraction of sp³-hybridized carbons (Fsp3) is 0.259. The minimum absolute atomic E-state index is 0.0141. The number of carbonyl (C=O) groups is 3. The minimum Gasteiger partial charge on any atom is -0.489 e. The summed E-state index contributed by atoms with van der Waals surface area (Å²) in [5.41, 5.74) is 8.27. The van der Waals surface area contributed by atoms with Crippen LogP contribution in [-0.4, -0.2) is 28.9 Å². The molecule has 1 unspecified atom stereocenters. The third kappa shape index (κ3) is 6.87. The first-order chi connectivity index (χ1) is 17.8. The lowest BCUT2D eigenvalue weighted by atomic mass is 10.1. The number of amides is 3. The molecule has 192 valence electrons. The van der Waals surface area contributed by atoms with Gasteiger partial charge in [0.1, 0.15) is 31.0 Å². The van der Waals surface area contributed by atoms with Crippen molar-refractivity contribution in [3.63, 3.8) is 0 Å². The molecule has 0 radical (unpaired) electrons. The highest BCUT2D eigenvalue weighted by molar-refractivity contribution is 7.99. The smallest absolute Gasteiger partial charge is 0.323 e. The predicted octanol–water partition coefficient (Wildman–Crippen LogP) is 3.72. The average molecular weight is 521 g/mol. The maximum absolute atomic E-state index is 12.1. The SMILES string of the molecule is CC(C)[C@@H](N)C(=O)OCc1cccc(COc2ccc(Sc3ccncc3C3NC(=O)NC3=O)cc2)c1. The predicted molar refractivity (Wildman–Crippen MR) is 138 cm³/mol. The Kier molecular flexibility index (Phi) is 8.42. The van der Waals surface area contributed by atoms with Gasteiger partial charge in [-0.25, -0.2) is 4.79 Å². The first-order valence-corrected chi connectivity index (χ1v) is 12.6. The number of rotatable bonds is 10. The van der Waals surface area contributed by atoms with Gasteiger partial charge in [-0.05, 0) is 53.4 Å². The van der Waals surface area contributed by atoms with E-state index in [9.17, 15) is 14.4 Å². The molecule has 2 atom stereocenters. The molecule has 0 bridgehead atoms. The van der Waals surface area contributed by atoms with Crippen LogP contribution in [0.4, 0.5) is 4.79 Å². The Balaban J connectivity index is 1.33. The molecule has 0 aliphatic carbocycles. The molecule has 1 saturated heterocycles. The van der Waals surface area contributed by atoms with Gasteiger partial charge >= 0.3 is 12.0 Å². The van der Waals surface area contributed by atoms with Crippen LogP contribution in [0.15, 0.2) is 76.8 Å². The van der Waals surface area contributed by atoms with Crippen LogP contribution in [0.25, 0.3) is 0 Å². The lowest BCUT2D eigenvalue weighted by Gasteiger charge is -2.15. The molecule has 1 aliphatic rings. The molecule has 3 aromatic rings. The van der Waals surface area contributed by atoms with Gasteiger partial charge in [-0.3, -0.25) is 19.9 Å². The van der Waals surface area contributed by atoms with Crippen molar-refractivity contribution >= 4 is 29.7 Å². The van der Waals surface area contributed by atoms with Crippen LogP contribution in [0.3, 0.4) is 0 Å². The summed E-state index contributed by atoms with van der Waals surface area (Å²) in [4.78, 5) is 41.5. The Morgan fingerprint density at radius 3 is 2.49 bits per heavy atom. The van der Waals surface area contributed by atoms with Gasteiger partial charge in [0.2, 0.25) is 0 Å². The van der Waals surface area contributed by atoms with E-state index in [2.05, 4.69) is 15.6 Å². The van der Waals surface area contributed by atoms with Crippen molar-refractivity contribution < 1.29 is 23.9 Å². The summed E-state index contributed by atoms with van der Waals surface area (Å²) in [6.07, 6.45) is 3.23. The average Bonchev–Trinajstić information content (AvgIpc) is 3.24. The molecule has 37 heavy (non-hydrogen) atoms. The molecule has 3 amide bonds. The van der Waals surface area contributed by atoms with Crippen LogP contribution < -0.4 is 21.1 Å². The lowest BCUT2D eigenvalue weighted by molar-refractivity contribution is -0.147. The van der Waals surface area contributed by atoms with Crippen LogP contribution in [0.1, 0.15) is 36.6 Å². The van der Waals surface area contributed by atoms with Crippen LogP contribution in [0.2, 0.25) is 0 Å². The molecule has 0 spiro atoms. The van der Waals surface area contributed by atoms with E-state index in [1.54, 1.807) is 12.4 Å². The summed E-state index contributed by atoms with van der Waals surface area (Å²) >= 11 is 1.46. The van der Waals surface area contributed by atoms with Crippen molar-refractivity contribution in [3.8, 4) is 5.75 Å². The number of pyridine rings is 1. The van der Waals surface area contributed by atoms with E-state index in [0.717, 1.165) is 20.9 Å². The number of hydrogen-bond acceptors (Lipinski definition) is 8. The summed E-state index contributed by atoms with van der Waals surface area (Å²) in [5, 5.41) is 4.86. The maximum atomic E-state index is 12.1. The summed E-state index contributed by atoms with van der Waals surface area (Å²) in [5.74, 6) is -0.101. The molecule has 0 saturated carbocycles. The molecular weight excluding hydrogens is 492 g/mol. The van der Waals surface area contributed by atoms with E-state index in [4.69, 9.17) is 15.2 Å². The Hall–Kier alpha value is -3.89. The van der Waals surface area contributed by atoms with E-state index < -0.39 is 30.0 Å². The second kappa shape index (κ2) is 11.9. The number of hydrogen-bond donors (Lipinski definition) is 3. The summed E-state index contributed by atoms with van der Waals surface area (Å²) in [7, 11) is 0.